The van der Waals surface area contributed by atoms with E-state index in [9.17, 15) is 4.79 Å². The van der Waals surface area contributed by atoms with Gasteiger partial charge in [0, 0.05) is 29.7 Å². The first-order chi connectivity index (χ1) is 8.09. The first-order valence-electron chi connectivity index (χ1n) is 5.51. The fourth-order valence-corrected chi connectivity index (χ4v) is 3.01. The molecule has 1 fully saturated rings. The van der Waals surface area contributed by atoms with Crippen LogP contribution in [0.5, 0.6) is 0 Å². The van der Waals surface area contributed by atoms with Gasteiger partial charge in [0.25, 0.3) is 5.91 Å². The van der Waals surface area contributed by atoms with Crippen LogP contribution >= 0.6 is 34.2 Å². The van der Waals surface area contributed by atoms with Crippen LogP contribution in [0.3, 0.4) is 0 Å². The molecule has 1 aliphatic rings. The molecule has 1 aromatic rings. The molecule has 0 saturated carbocycles. The lowest BCUT2D eigenvalue weighted by atomic mass is 10.2. The summed E-state index contributed by atoms with van der Waals surface area (Å²) in [5, 5.41) is 0.542. The predicted octanol–water partition coefficient (Wildman–Crippen LogP) is 2.33. The van der Waals surface area contributed by atoms with Gasteiger partial charge in [-0.25, -0.2) is 0 Å². The van der Waals surface area contributed by atoms with E-state index in [1.807, 2.05) is 17.0 Å². The van der Waals surface area contributed by atoms with Crippen molar-refractivity contribution in [3.63, 3.8) is 0 Å². The van der Waals surface area contributed by atoms with Crippen molar-refractivity contribution in [1.82, 2.24) is 9.80 Å². The number of carbonyl (C=O) groups excluding carboxylic acids is 1. The van der Waals surface area contributed by atoms with E-state index in [4.69, 9.17) is 11.6 Å². The maximum Gasteiger partial charge on any atom is 0.256 e. The molecule has 3 nitrogen and oxygen atoms in total. The first-order valence-corrected chi connectivity index (χ1v) is 6.97. The highest BCUT2D eigenvalue weighted by atomic mass is 127. The van der Waals surface area contributed by atoms with Gasteiger partial charge < -0.3 is 9.80 Å². The summed E-state index contributed by atoms with van der Waals surface area (Å²) in [6.07, 6.45) is 0. The van der Waals surface area contributed by atoms with Gasteiger partial charge in [0.05, 0.1) is 10.6 Å². The van der Waals surface area contributed by atoms with E-state index in [1.165, 1.54) is 0 Å². The molecular weight excluding hydrogens is 351 g/mol. The van der Waals surface area contributed by atoms with Crippen molar-refractivity contribution in [2.75, 3.05) is 33.2 Å². The fraction of sp³-hybridized carbons (Fsp3) is 0.417. The van der Waals surface area contributed by atoms with Crippen LogP contribution in [0.25, 0.3) is 0 Å². The van der Waals surface area contributed by atoms with E-state index in [0.29, 0.717) is 10.6 Å². The molecule has 1 saturated heterocycles. The fourth-order valence-electron chi connectivity index (χ4n) is 1.87. The van der Waals surface area contributed by atoms with E-state index in [-0.39, 0.29) is 5.91 Å². The topological polar surface area (TPSA) is 23.6 Å². The number of rotatable bonds is 1. The van der Waals surface area contributed by atoms with Gasteiger partial charge in [-0.1, -0.05) is 17.7 Å². The van der Waals surface area contributed by atoms with Gasteiger partial charge in [-0.3, -0.25) is 4.79 Å². The number of benzene rings is 1. The Hall–Kier alpha value is -0.330. The Labute approximate surface area is 120 Å². The molecule has 0 aromatic heterocycles. The maximum atomic E-state index is 12.4. The van der Waals surface area contributed by atoms with E-state index in [2.05, 4.69) is 34.5 Å². The number of hydrogen-bond acceptors (Lipinski definition) is 2. The monoisotopic (exact) mass is 364 g/mol. The lowest BCUT2D eigenvalue weighted by Gasteiger charge is -2.32. The normalized spacial score (nSPS) is 17.2. The molecule has 0 N–H and O–H groups in total. The smallest absolute Gasteiger partial charge is 0.256 e. The molecule has 17 heavy (non-hydrogen) atoms. The Kier molecular flexibility index (Phi) is 4.27. The van der Waals surface area contributed by atoms with E-state index >= 15 is 0 Å². The van der Waals surface area contributed by atoms with Gasteiger partial charge in [-0.2, -0.15) is 0 Å². The molecule has 0 atom stereocenters. The van der Waals surface area contributed by atoms with E-state index in [0.717, 1.165) is 29.7 Å². The number of hydrogen-bond donors (Lipinski definition) is 0. The summed E-state index contributed by atoms with van der Waals surface area (Å²) in [7, 11) is 2.07. The Bertz CT molecular complexity index is 410. The van der Waals surface area contributed by atoms with Gasteiger partial charge in [0.2, 0.25) is 0 Å². The summed E-state index contributed by atoms with van der Waals surface area (Å²) in [5.74, 6) is 0.0492. The molecule has 2 rings (SSSR count). The summed E-state index contributed by atoms with van der Waals surface area (Å²) >= 11 is 8.27. The van der Waals surface area contributed by atoms with Crippen LogP contribution < -0.4 is 0 Å². The molecule has 1 aromatic carbocycles. The largest absolute Gasteiger partial charge is 0.336 e. The molecule has 92 valence electrons. The molecule has 1 amide bonds. The van der Waals surface area contributed by atoms with Crippen molar-refractivity contribution in [3.05, 3.63) is 32.4 Å². The SMILES string of the molecule is CN1CCN(C(=O)c2c(Cl)cccc2I)CC1. The molecular formula is C12H14ClIN2O. The molecule has 0 unspecified atom stereocenters. The summed E-state index contributed by atoms with van der Waals surface area (Å²) < 4.78 is 0.916. The number of nitrogens with zero attached hydrogens (tertiary/aromatic N) is 2. The quantitative estimate of drug-likeness (QED) is 0.714. The molecule has 0 spiro atoms. The molecule has 5 heteroatoms. The van der Waals surface area contributed by atoms with Crippen molar-refractivity contribution >= 4 is 40.1 Å². The van der Waals surface area contributed by atoms with Gasteiger partial charge in [-0.05, 0) is 41.8 Å². The van der Waals surface area contributed by atoms with Crippen molar-refractivity contribution < 1.29 is 4.79 Å². The number of likely N-dealkylation sites (N-methyl/N-ethyl adjacent to an activating group) is 1. The standard InChI is InChI=1S/C12H14ClIN2O/c1-15-5-7-16(8-6-15)12(17)11-9(13)3-2-4-10(11)14/h2-4H,5-8H2,1H3. The van der Waals surface area contributed by atoms with Gasteiger partial charge in [0.15, 0.2) is 0 Å². The van der Waals surface area contributed by atoms with Crippen molar-refractivity contribution in [2.24, 2.45) is 0 Å². The Morgan fingerprint density at radius 1 is 1.29 bits per heavy atom. The summed E-state index contributed by atoms with van der Waals surface area (Å²) in [5.41, 5.74) is 0.638. The summed E-state index contributed by atoms with van der Waals surface area (Å²) in [6.45, 7) is 3.40. The average Bonchev–Trinajstić information content (AvgIpc) is 2.29. The number of carbonyl (C=O) groups is 1. The van der Waals surface area contributed by atoms with Crippen LogP contribution in [0.4, 0.5) is 0 Å². The highest BCUT2D eigenvalue weighted by Gasteiger charge is 2.23. The number of piperazine rings is 1. The minimum Gasteiger partial charge on any atom is -0.336 e. The number of amides is 1. The Morgan fingerprint density at radius 3 is 2.53 bits per heavy atom. The predicted molar refractivity (Wildman–Crippen MR) is 77.6 cm³/mol. The lowest BCUT2D eigenvalue weighted by molar-refractivity contribution is 0.0663. The van der Waals surface area contributed by atoms with Crippen LogP contribution in [0, 0.1) is 3.57 Å². The third-order valence-electron chi connectivity index (χ3n) is 2.97. The van der Waals surface area contributed by atoms with Gasteiger partial charge >= 0.3 is 0 Å². The zero-order valence-electron chi connectivity index (χ0n) is 9.62. The van der Waals surface area contributed by atoms with Crippen molar-refractivity contribution in [2.45, 2.75) is 0 Å². The minimum absolute atomic E-state index is 0.0492. The van der Waals surface area contributed by atoms with Crippen molar-refractivity contribution in [3.8, 4) is 0 Å². The third-order valence-corrected chi connectivity index (χ3v) is 4.18. The van der Waals surface area contributed by atoms with Crippen molar-refractivity contribution in [1.29, 1.82) is 0 Å². The van der Waals surface area contributed by atoms with E-state index < -0.39 is 0 Å². The molecule has 1 heterocycles. The van der Waals surface area contributed by atoms with Crippen LogP contribution in [0.2, 0.25) is 5.02 Å². The second kappa shape index (κ2) is 5.54. The highest BCUT2D eigenvalue weighted by Crippen LogP contribution is 2.23. The molecule has 0 radical (unpaired) electrons. The second-order valence-electron chi connectivity index (χ2n) is 4.19. The first kappa shape index (κ1) is 13.1. The molecule has 0 bridgehead atoms. The minimum atomic E-state index is 0.0492. The molecule has 0 aliphatic carbocycles. The summed E-state index contributed by atoms with van der Waals surface area (Å²) in [6, 6.07) is 5.55. The maximum absolute atomic E-state index is 12.4. The van der Waals surface area contributed by atoms with Crippen LogP contribution in [-0.2, 0) is 0 Å². The van der Waals surface area contributed by atoms with Gasteiger partial charge in [-0.15, -0.1) is 0 Å². The zero-order valence-corrected chi connectivity index (χ0v) is 12.5. The molecule has 1 aliphatic heterocycles. The Morgan fingerprint density at radius 2 is 1.94 bits per heavy atom. The van der Waals surface area contributed by atoms with Crippen LogP contribution in [0.1, 0.15) is 10.4 Å². The van der Waals surface area contributed by atoms with Gasteiger partial charge in [0.1, 0.15) is 0 Å². The zero-order chi connectivity index (χ0) is 12.4. The van der Waals surface area contributed by atoms with Crippen LogP contribution in [0.15, 0.2) is 18.2 Å². The average molecular weight is 365 g/mol. The number of halogens is 2. The highest BCUT2D eigenvalue weighted by molar-refractivity contribution is 14.1. The lowest BCUT2D eigenvalue weighted by Crippen LogP contribution is -2.47. The van der Waals surface area contributed by atoms with E-state index in [1.54, 1.807) is 6.07 Å². The second-order valence-corrected chi connectivity index (χ2v) is 5.76. The Balaban J connectivity index is 2.20. The third kappa shape index (κ3) is 2.92. The summed E-state index contributed by atoms with van der Waals surface area (Å²) in [4.78, 5) is 16.5. The van der Waals surface area contributed by atoms with Crippen LogP contribution in [-0.4, -0.2) is 48.9 Å².